The number of carbonyl (C=O) groups excluding carboxylic acids is 1. The molecule has 2 N–H and O–H groups in total. The van der Waals surface area contributed by atoms with Crippen molar-refractivity contribution in [3.8, 4) is 0 Å². The second-order valence-electron chi connectivity index (χ2n) is 4.96. The van der Waals surface area contributed by atoms with E-state index >= 15 is 0 Å². The minimum absolute atomic E-state index is 0.353. The van der Waals surface area contributed by atoms with E-state index in [2.05, 4.69) is 15.5 Å². The smallest absolute Gasteiger partial charge is 0.359 e. The molecule has 0 aliphatic carbocycles. The highest BCUT2D eigenvalue weighted by molar-refractivity contribution is 5.89. The number of fused-ring (bicyclic) bond motifs is 1. The molecule has 0 atom stereocenters. The third-order valence-electron chi connectivity index (χ3n) is 2.40. The summed E-state index contributed by atoms with van der Waals surface area (Å²) in [6.45, 7) is 7.15. The van der Waals surface area contributed by atoms with Crippen molar-refractivity contribution in [1.29, 1.82) is 0 Å². The van der Waals surface area contributed by atoms with Gasteiger partial charge < -0.3 is 10.1 Å². The number of ether oxygens (including phenoxy) is 1. The van der Waals surface area contributed by atoms with E-state index in [0.29, 0.717) is 12.2 Å². The van der Waals surface area contributed by atoms with Gasteiger partial charge in [-0.25, -0.2) is 4.79 Å². The maximum atomic E-state index is 11.9. The summed E-state index contributed by atoms with van der Waals surface area (Å²) in [5, 5.41) is 10.2. The first-order valence-electron chi connectivity index (χ1n) is 5.47. The van der Waals surface area contributed by atoms with Crippen LogP contribution in [-0.2, 0) is 17.7 Å². The minimum atomic E-state index is -0.481. The van der Waals surface area contributed by atoms with Gasteiger partial charge in [0.25, 0.3) is 0 Å². The van der Waals surface area contributed by atoms with Crippen molar-refractivity contribution >= 4 is 5.97 Å². The fraction of sp³-hybridized carbons (Fsp3) is 0.636. The Morgan fingerprint density at radius 1 is 1.44 bits per heavy atom. The number of aromatic nitrogens is 2. The van der Waals surface area contributed by atoms with Crippen LogP contribution in [-0.4, -0.2) is 28.3 Å². The Balaban J connectivity index is 2.21. The standard InChI is InChI=1S/C11H17N3O2/c1-11(2,3)16-10(15)9-7-6-12-5-4-8(7)13-14-9/h12H,4-6H2,1-3H3,(H,13,14). The van der Waals surface area contributed by atoms with E-state index in [0.717, 1.165) is 24.2 Å². The van der Waals surface area contributed by atoms with Gasteiger partial charge in [0, 0.05) is 30.8 Å². The monoisotopic (exact) mass is 223 g/mol. The van der Waals surface area contributed by atoms with E-state index < -0.39 is 5.60 Å². The lowest BCUT2D eigenvalue weighted by Gasteiger charge is -2.19. The molecule has 2 heterocycles. The van der Waals surface area contributed by atoms with Crippen LogP contribution >= 0.6 is 0 Å². The van der Waals surface area contributed by atoms with Crippen molar-refractivity contribution in [1.82, 2.24) is 15.5 Å². The van der Waals surface area contributed by atoms with Crippen molar-refractivity contribution in [2.45, 2.75) is 39.3 Å². The highest BCUT2D eigenvalue weighted by Gasteiger charge is 2.25. The number of rotatable bonds is 1. The number of nitrogens with one attached hydrogen (secondary N) is 2. The topological polar surface area (TPSA) is 67.0 Å². The van der Waals surface area contributed by atoms with Gasteiger partial charge in [0.1, 0.15) is 5.60 Å². The first kappa shape index (κ1) is 11.1. The lowest BCUT2D eigenvalue weighted by atomic mass is 10.1. The molecule has 0 fully saturated rings. The van der Waals surface area contributed by atoms with Crippen LogP contribution in [0, 0.1) is 0 Å². The summed E-state index contributed by atoms with van der Waals surface area (Å²) >= 11 is 0. The van der Waals surface area contributed by atoms with Gasteiger partial charge >= 0.3 is 5.97 Å². The SMILES string of the molecule is CC(C)(C)OC(=O)c1n[nH]c2c1CNCC2. The molecule has 1 aromatic heterocycles. The third kappa shape index (κ3) is 2.24. The second kappa shape index (κ2) is 3.90. The van der Waals surface area contributed by atoms with Crippen molar-refractivity contribution in [3.05, 3.63) is 17.0 Å². The average molecular weight is 223 g/mol. The summed E-state index contributed by atoms with van der Waals surface area (Å²) < 4.78 is 5.30. The Labute approximate surface area is 94.6 Å². The molecule has 1 aliphatic rings. The molecule has 16 heavy (non-hydrogen) atoms. The zero-order chi connectivity index (χ0) is 11.8. The number of nitrogens with zero attached hydrogens (tertiary/aromatic N) is 1. The zero-order valence-corrected chi connectivity index (χ0v) is 9.89. The molecule has 5 heteroatoms. The lowest BCUT2D eigenvalue weighted by Crippen LogP contribution is -2.27. The van der Waals surface area contributed by atoms with E-state index in [1.807, 2.05) is 20.8 Å². The van der Waals surface area contributed by atoms with Crippen LogP contribution < -0.4 is 5.32 Å². The fourth-order valence-electron chi connectivity index (χ4n) is 1.72. The van der Waals surface area contributed by atoms with E-state index in [1.165, 1.54) is 0 Å². The summed E-state index contributed by atoms with van der Waals surface area (Å²) in [4.78, 5) is 11.9. The minimum Gasteiger partial charge on any atom is -0.455 e. The molecule has 0 aromatic carbocycles. The Morgan fingerprint density at radius 2 is 2.19 bits per heavy atom. The summed E-state index contributed by atoms with van der Waals surface area (Å²) in [6.07, 6.45) is 0.880. The van der Waals surface area contributed by atoms with Crippen molar-refractivity contribution in [3.63, 3.8) is 0 Å². The number of esters is 1. The maximum Gasteiger partial charge on any atom is 0.359 e. The number of hydrogen-bond donors (Lipinski definition) is 2. The van der Waals surface area contributed by atoms with Crippen molar-refractivity contribution < 1.29 is 9.53 Å². The third-order valence-corrected chi connectivity index (χ3v) is 2.40. The van der Waals surface area contributed by atoms with Gasteiger partial charge in [-0.3, -0.25) is 5.10 Å². The Hall–Kier alpha value is -1.36. The number of aromatic amines is 1. The van der Waals surface area contributed by atoms with Crippen LogP contribution in [0.5, 0.6) is 0 Å². The van der Waals surface area contributed by atoms with E-state index in [-0.39, 0.29) is 5.97 Å². The van der Waals surface area contributed by atoms with Crippen LogP contribution in [0.15, 0.2) is 0 Å². The second-order valence-corrected chi connectivity index (χ2v) is 4.96. The fourth-order valence-corrected chi connectivity index (χ4v) is 1.72. The molecule has 0 amide bonds. The molecular formula is C11H17N3O2. The van der Waals surface area contributed by atoms with E-state index in [4.69, 9.17) is 4.74 Å². The first-order chi connectivity index (χ1) is 7.47. The molecule has 0 spiro atoms. The molecule has 0 bridgehead atoms. The summed E-state index contributed by atoms with van der Waals surface area (Å²) in [5.41, 5.74) is 1.92. The highest BCUT2D eigenvalue weighted by atomic mass is 16.6. The largest absolute Gasteiger partial charge is 0.455 e. The Bertz CT molecular complexity index is 404. The number of carbonyl (C=O) groups is 1. The van der Waals surface area contributed by atoms with Gasteiger partial charge in [0.2, 0.25) is 0 Å². The molecule has 2 rings (SSSR count). The number of hydrogen-bond acceptors (Lipinski definition) is 4. The first-order valence-corrected chi connectivity index (χ1v) is 5.47. The normalized spacial score (nSPS) is 15.7. The molecule has 88 valence electrons. The van der Waals surface area contributed by atoms with Crippen LogP contribution in [0.25, 0.3) is 0 Å². The summed E-state index contributed by atoms with van der Waals surface area (Å²) in [6, 6.07) is 0. The van der Waals surface area contributed by atoms with Gasteiger partial charge in [-0.05, 0) is 20.8 Å². The number of H-pyrrole nitrogens is 1. The molecule has 0 radical (unpaired) electrons. The molecule has 0 unspecified atom stereocenters. The van der Waals surface area contributed by atoms with Gasteiger partial charge in [-0.2, -0.15) is 5.10 Å². The molecule has 0 saturated carbocycles. The summed E-state index contributed by atoms with van der Waals surface area (Å²) in [5.74, 6) is -0.353. The quantitative estimate of drug-likeness (QED) is 0.697. The van der Waals surface area contributed by atoms with Gasteiger partial charge in [-0.15, -0.1) is 0 Å². The van der Waals surface area contributed by atoms with Crippen molar-refractivity contribution in [2.24, 2.45) is 0 Å². The van der Waals surface area contributed by atoms with Crippen LogP contribution in [0.2, 0.25) is 0 Å². The van der Waals surface area contributed by atoms with E-state index in [1.54, 1.807) is 0 Å². The predicted octanol–water partition coefficient (Wildman–Crippen LogP) is 1.01. The van der Waals surface area contributed by atoms with Gasteiger partial charge in [0.15, 0.2) is 5.69 Å². The Kier molecular flexibility index (Phi) is 2.71. The molecule has 5 nitrogen and oxygen atoms in total. The summed E-state index contributed by atoms with van der Waals surface area (Å²) in [7, 11) is 0. The zero-order valence-electron chi connectivity index (χ0n) is 9.89. The van der Waals surface area contributed by atoms with Crippen molar-refractivity contribution in [2.75, 3.05) is 6.54 Å². The molecule has 1 aliphatic heterocycles. The van der Waals surface area contributed by atoms with Crippen LogP contribution in [0.3, 0.4) is 0 Å². The van der Waals surface area contributed by atoms with Crippen LogP contribution in [0.1, 0.15) is 42.5 Å². The predicted molar refractivity (Wildman–Crippen MR) is 59.2 cm³/mol. The molecule has 1 aromatic rings. The maximum absolute atomic E-state index is 11.9. The molecular weight excluding hydrogens is 206 g/mol. The van der Waals surface area contributed by atoms with Gasteiger partial charge in [-0.1, -0.05) is 0 Å². The average Bonchev–Trinajstić information content (AvgIpc) is 2.58. The molecule has 0 saturated heterocycles. The Morgan fingerprint density at radius 3 is 2.88 bits per heavy atom. The van der Waals surface area contributed by atoms with Gasteiger partial charge in [0.05, 0.1) is 0 Å². The van der Waals surface area contributed by atoms with E-state index in [9.17, 15) is 4.79 Å². The lowest BCUT2D eigenvalue weighted by molar-refractivity contribution is 0.00614. The highest BCUT2D eigenvalue weighted by Crippen LogP contribution is 2.18. The van der Waals surface area contributed by atoms with Crippen LogP contribution in [0.4, 0.5) is 0 Å².